The molecule has 13 heteroatoms. The molecule has 3 aromatic carbocycles. The van der Waals surface area contributed by atoms with Crippen LogP contribution in [0.2, 0.25) is 0 Å². The molecular weight excluding hydrogens is 773 g/mol. The first-order valence-corrected chi connectivity index (χ1v) is 20.8. The van der Waals surface area contributed by atoms with Gasteiger partial charge in [-0.15, -0.1) is 0 Å². The van der Waals surface area contributed by atoms with Crippen LogP contribution in [0.25, 0.3) is 11.3 Å². The van der Waals surface area contributed by atoms with Gasteiger partial charge in [0.05, 0.1) is 24.9 Å². The molecule has 1 aliphatic rings. The molecule has 4 aromatic rings. The molecule has 2 heterocycles. The van der Waals surface area contributed by atoms with Crippen molar-refractivity contribution < 1.29 is 34.1 Å². The number of hydrogen-bond acceptors (Lipinski definition) is 7. The fourth-order valence-electron chi connectivity index (χ4n) is 8.18. The molecule has 5 atom stereocenters. The van der Waals surface area contributed by atoms with Gasteiger partial charge in [-0.05, 0) is 52.8 Å². The first kappa shape index (κ1) is 46.1. The van der Waals surface area contributed by atoms with E-state index >= 15 is 0 Å². The Morgan fingerprint density at radius 2 is 1.38 bits per heavy atom. The van der Waals surface area contributed by atoms with Gasteiger partial charge in [0, 0.05) is 44.4 Å². The lowest BCUT2D eigenvalue weighted by Crippen LogP contribution is -2.59. The van der Waals surface area contributed by atoms with Gasteiger partial charge in [0.15, 0.2) is 0 Å². The molecule has 4 N–H and O–H groups in total. The number of methoxy groups -OCH3 is 1. The number of hydrogen-bond donors (Lipinski definition) is 4. The number of amides is 5. The summed E-state index contributed by atoms with van der Waals surface area (Å²) < 4.78 is 5.31. The summed E-state index contributed by atoms with van der Waals surface area (Å²) in [6.07, 6.45) is -1.84. The molecule has 13 nitrogen and oxygen atoms in total. The molecule has 0 radical (unpaired) electrons. The molecule has 5 rings (SSSR count). The van der Waals surface area contributed by atoms with Gasteiger partial charge in [0.2, 0.25) is 17.7 Å². The minimum Gasteiger partial charge on any atom is -0.481 e. The average molecular weight is 835 g/mol. The van der Waals surface area contributed by atoms with Gasteiger partial charge in [-0.25, -0.2) is 14.6 Å². The quantitative estimate of drug-likeness (QED) is 0.0920. The number of ether oxygens (including phenoxy) is 1. The van der Waals surface area contributed by atoms with E-state index in [1.165, 1.54) is 7.05 Å². The van der Waals surface area contributed by atoms with Crippen molar-refractivity contribution in [3.63, 3.8) is 0 Å². The number of aliphatic hydroxyl groups is 1. The Morgan fingerprint density at radius 3 is 1.95 bits per heavy atom. The Hall–Kier alpha value is -5.95. The zero-order chi connectivity index (χ0) is 44.5. The van der Waals surface area contributed by atoms with Crippen LogP contribution < -0.4 is 15.4 Å². The molecule has 326 valence electrons. The third-order valence-electron chi connectivity index (χ3n) is 11.1. The fourth-order valence-corrected chi connectivity index (χ4v) is 8.18. The number of nitrogens with zero attached hydrogens (tertiary/aromatic N) is 4. The van der Waals surface area contributed by atoms with Crippen molar-refractivity contribution in [2.45, 2.75) is 97.6 Å². The van der Waals surface area contributed by atoms with Crippen LogP contribution in [0.4, 0.5) is 9.59 Å². The van der Waals surface area contributed by atoms with Gasteiger partial charge in [-0.3, -0.25) is 14.5 Å². The van der Waals surface area contributed by atoms with Crippen LogP contribution in [0.1, 0.15) is 64.7 Å². The molecule has 61 heavy (non-hydrogen) atoms. The van der Waals surface area contributed by atoms with Crippen molar-refractivity contribution in [1.82, 2.24) is 30.3 Å². The number of urea groups is 1. The highest BCUT2D eigenvalue weighted by atomic mass is 16.5. The minimum absolute atomic E-state index is 0.0179. The van der Waals surface area contributed by atoms with Crippen LogP contribution in [0.15, 0.2) is 103 Å². The number of benzene rings is 3. The molecule has 0 aliphatic carbocycles. The largest absolute Gasteiger partial charge is 0.481 e. The summed E-state index contributed by atoms with van der Waals surface area (Å²) in [5.74, 6) is -0.405. The Morgan fingerprint density at radius 1 is 0.770 bits per heavy atom. The van der Waals surface area contributed by atoms with Gasteiger partial charge < -0.3 is 35.4 Å². The molecule has 0 spiro atoms. The smallest absolute Gasteiger partial charge is 0.407 e. The van der Waals surface area contributed by atoms with Crippen LogP contribution in [0.5, 0.6) is 5.88 Å². The summed E-state index contributed by atoms with van der Waals surface area (Å²) >= 11 is 0. The number of carbonyl (C=O) groups excluding carboxylic acids is 3. The number of pyridine rings is 1. The summed E-state index contributed by atoms with van der Waals surface area (Å²) in [5, 5.41) is 28.4. The van der Waals surface area contributed by atoms with E-state index in [0.29, 0.717) is 31.9 Å². The third-order valence-corrected chi connectivity index (χ3v) is 11.1. The van der Waals surface area contributed by atoms with Gasteiger partial charge in [-0.1, -0.05) is 133 Å². The summed E-state index contributed by atoms with van der Waals surface area (Å²) in [5.41, 5.74) is 2.89. The van der Waals surface area contributed by atoms with Crippen LogP contribution in [0.3, 0.4) is 0 Å². The lowest BCUT2D eigenvalue weighted by molar-refractivity contribution is -0.131. The van der Waals surface area contributed by atoms with Crippen LogP contribution >= 0.6 is 0 Å². The average Bonchev–Trinajstić information content (AvgIpc) is 3.55. The van der Waals surface area contributed by atoms with E-state index in [4.69, 9.17) is 4.74 Å². The van der Waals surface area contributed by atoms with Gasteiger partial charge in [0.1, 0.15) is 12.1 Å². The van der Waals surface area contributed by atoms with Gasteiger partial charge in [0.25, 0.3) is 0 Å². The highest BCUT2D eigenvalue weighted by Crippen LogP contribution is 2.30. The lowest BCUT2D eigenvalue weighted by atomic mass is 9.84. The summed E-state index contributed by atoms with van der Waals surface area (Å²) in [6, 6.07) is 28.9. The summed E-state index contributed by atoms with van der Waals surface area (Å²) in [4.78, 5) is 63.7. The lowest BCUT2D eigenvalue weighted by Gasteiger charge is -2.38. The van der Waals surface area contributed by atoms with Gasteiger partial charge in [-0.2, -0.15) is 0 Å². The Balaban J connectivity index is 1.43. The molecule has 1 aromatic heterocycles. The maximum atomic E-state index is 14.6. The zero-order valence-electron chi connectivity index (χ0n) is 36.7. The molecule has 0 bridgehead atoms. The van der Waals surface area contributed by atoms with Crippen LogP contribution in [0, 0.1) is 10.8 Å². The standard InChI is InChI=1S/C48H62N6O7/c1-47(2,3)41(52(7)46(59)60)43(56)49-36(28-33-22-24-35(25-23-33)37-20-15-21-40(50-37)61-8)30-39(55)38(29-32-16-11-9-12-17-32)51-44(57)42(48(4,5)6)54-27-26-53(45(54)58)31-34-18-13-10-14-19-34/h9-25,36,38-39,41-42,55H,26-31H2,1-8H3,(H,49,56)(H,51,57)(H,59,60)/t36-,38?,39-,41+,42+/m0/s1. The Labute approximate surface area is 360 Å². The van der Waals surface area contributed by atoms with E-state index in [9.17, 15) is 29.4 Å². The van der Waals surface area contributed by atoms with Crippen molar-refractivity contribution in [3.8, 4) is 17.1 Å². The van der Waals surface area contributed by atoms with E-state index in [0.717, 1.165) is 32.8 Å². The van der Waals surface area contributed by atoms with Crippen molar-refractivity contribution in [2.75, 3.05) is 27.2 Å². The predicted molar refractivity (Wildman–Crippen MR) is 236 cm³/mol. The van der Waals surface area contributed by atoms with Crippen molar-refractivity contribution in [3.05, 3.63) is 120 Å². The molecule has 5 amide bonds. The van der Waals surface area contributed by atoms with E-state index in [-0.39, 0.29) is 24.8 Å². The third kappa shape index (κ3) is 12.3. The number of carboxylic acid groups (broad SMARTS) is 1. The number of rotatable bonds is 17. The van der Waals surface area contributed by atoms with E-state index in [1.807, 2.05) is 118 Å². The normalized spacial score (nSPS) is 15.7. The number of aromatic nitrogens is 1. The van der Waals surface area contributed by atoms with Crippen molar-refractivity contribution >= 4 is 23.9 Å². The predicted octanol–water partition coefficient (Wildman–Crippen LogP) is 6.64. The Bertz CT molecular complexity index is 2090. The minimum atomic E-state index is -1.24. The zero-order valence-corrected chi connectivity index (χ0v) is 36.7. The second-order valence-electron chi connectivity index (χ2n) is 18.1. The second kappa shape index (κ2) is 20.1. The monoisotopic (exact) mass is 834 g/mol. The first-order chi connectivity index (χ1) is 28.8. The van der Waals surface area contributed by atoms with Crippen LogP contribution in [-0.4, -0.2) is 111 Å². The molecular formula is C48H62N6O7. The molecule has 1 aliphatic heterocycles. The molecule has 1 unspecified atom stereocenters. The number of nitrogens with one attached hydrogen (secondary N) is 2. The highest BCUT2D eigenvalue weighted by molar-refractivity contribution is 5.89. The first-order valence-electron chi connectivity index (χ1n) is 20.8. The number of aliphatic hydroxyl groups excluding tert-OH is 1. The summed E-state index contributed by atoms with van der Waals surface area (Å²) in [7, 11) is 2.93. The maximum Gasteiger partial charge on any atom is 0.407 e. The molecule has 1 fully saturated rings. The van der Waals surface area contributed by atoms with Crippen molar-refractivity contribution in [2.24, 2.45) is 10.8 Å². The van der Waals surface area contributed by atoms with E-state index in [1.54, 1.807) is 43.7 Å². The second-order valence-corrected chi connectivity index (χ2v) is 18.1. The number of carbonyl (C=O) groups is 4. The van der Waals surface area contributed by atoms with Gasteiger partial charge >= 0.3 is 12.1 Å². The topological polar surface area (TPSA) is 165 Å². The SMILES string of the molecule is COc1cccc(-c2ccc(C[C@@H](C[C@H](O)C(Cc3ccccc3)NC(=O)[C@@H](N3CCN(Cc4ccccc4)C3=O)C(C)(C)C)NC(=O)[C@@H](N(C)C(=O)O)C(C)(C)C)cc2)n1. The molecule has 1 saturated heterocycles. The maximum absolute atomic E-state index is 14.6. The fraction of sp³-hybridized carbons (Fsp3) is 0.438. The number of likely N-dealkylation sites (N-methyl/N-ethyl adjacent to an activating group) is 1. The summed E-state index contributed by atoms with van der Waals surface area (Å²) in [6.45, 7) is 12.4. The van der Waals surface area contributed by atoms with E-state index in [2.05, 4.69) is 15.6 Å². The van der Waals surface area contributed by atoms with Crippen LogP contribution in [-0.2, 0) is 29.0 Å². The van der Waals surface area contributed by atoms with E-state index < -0.39 is 53.1 Å². The molecule has 0 saturated carbocycles. The van der Waals surface area contributed by atoms with Crippen molar-refractivity contribution in [1.29, 1.82) is 0 Å². The highest BCUT2D eigenvalue weighted by Gasteiger charge is 2.45. The Kier molecular flexibility index (Phi) is 15.2.